The van der Waals surface area contributed by atoms with Crippen molar-refractivity contribution < 1.29 is 19.1 Å². The molecule has 2 aromatic rings. The van der Waals surface area contributed by atoms with Gasteiger partial charge < -0.3 is 20.2 Å². The maximum Gasteiger partial charge on any atom is 0.261 e. The van der Waals surface area contributed by atoms with E-state index >= 15 is 0 Å². The summed E-state index contributed by atoms with van der Waals surface area (Å²) in [5.74, 6) is 0.663. The number of aryl methyl sites for hydroxylation is 2. The first kappa shape index (κ1) is 17.2. The summed E-state index contributed by atoms with van der Waals surface area (Å²) >= 11 is 1.31. The highest BCUT2D eigenvalue weighted by Gasteiger charge is 2.28. The first-order valence-electron chi connectivity index (χ1n) is 7.18. The molecule has 0 saturated carbocycles. The summed E-state index contributed by atoms with van der Waals surface area (Å²) < 4.78 is 5.40. The van der Waals surface area contributed by atoms with Crippen molar-refractivity contribution >= 4 is 23.2 Å². The zero-order valence-electron chi connectivity index (χ0n) is 13.3. The number of hydrogen-bond donors (Lipinski definition) is 3. The molecule has 0 aliphatic heterocycles. The molecule has 124 valence electrons. The Morgan fingerprint density at radius 1 is 1.35 bits per heavy atom. The highest BCUT2D eigenvalue weighted by molar-refractivity contribution is 7.12. The zero-order chi connectivity index (χ0) is 17.0. The van der Waals surface area contributed by atoms with Crippen molar-refractivity contribution in [1.82, 2.24) is 10.6 Å². The Balaban J connectivity index is 1.84. The minimum absolute atomic E-state index is 0.0283. The Morgan fingerprint density at radius 2 is 2.09 bits per heavy atom. The van der Waals surface area contributed by atoms with Gasteiger partial charge in [0.25, 0.3) is 5.91 Å². The Labute approximate surface area is 138 Å². The summed E-state index contributed by atoms with van der Waals surface area (Å²) in [6, 6.07) is 5.21. The van der Waals surface area contributed by atoms with E-state index in [1.54, 1.807) is 44.4 Å². The normalized spacial score (nSPS) is 13.4. The summed E-state index contributed by atoms with van der Waals surface area (Å²) in [5.41, 5.74) is -0.604. The van der Waals surface area contributed by atoms with Crippen LogP contribution in [0.15, 0.2) is 28.0 Å². The van der Waals surface area contributed by atoms with Crippen LogP contribution in [0, 0.1) is 13.8 Å². The number of aliphatic hydroxyl groups is 1. The van der Waals surface area contributed by atoms with Crippen LogP contribution >= 0.6 is 11.3 Å². The quantitative estimate of drug-likeness (QED) is 0.749. The number of furan rings is 1. The summed E-state index contributed by atoms with van der Waals surface area (Å²) in [4.78, 5) is 24.1. The van der Waals surface area contributed by atoms with Gasteiger partial charge in [-0.1, -0.05) is 6.07 Å². The molecule has 0 fully saturated rings. The minimum Gasteiger partial charge on any atom is -0.466 e. The molecule has 3 N–H and O–H groups in total. The second-order valence-electron chi connectivity index (χ2n) is 5.54. The SMILES string of the molecule is Cc1cc(C(C)(O)CNC(=O)CNC(=O)c2cccs2)c(C)o1. The van der Waals surface area contributed by atoms with Gasteiger partial charge in [0, 0.05) is 5.56 Å². The average Bonchev–Trinajstić information content (AvgIpc) is 3.12. The lowest BCUT2D eigenvalue weighted by molar-refractivity contribution is -0.121. The van der Waals surface area contributed by atoms with E-state index in [0.717, 1.165) is 0 Å². The zero-order valence-corrected chi connectivity index (χ0v) is 14.1. The maximum absolute atomic E-state index is 11.8. The van der Waals surface area contributed by atoms with Crippen LogP contribution < -0.4 is 10.6 Å². The van der Waals surface area contributed by atoms with Gasteiger partial charge in [0.15, 0.2) is 0 Å². The molecule has 2 aromatic heterocycles. The standard InChI is InChI=1S/C16H20N2O4S/c1-10-7-12(11(2)22-10)16(3,21)9-18-14(19)8-17-15(20)13-5-4-6-23-13/h4-7,21H,8-9H2,1-3H3,(H,17,20)(H,18,19). The van der Waals surface area contributed by atoms with E-state index in [2.05, 4.69) is 10.6 Å². The van der Waals surface area contributed by atoms with Crippen molar-refractivity contribution in [2.45, 2.75) is 26.4 Å². The Morgan fingerprint density at radius 3 is 2.65 bits per heavy atom. The average molecular weight is 336 g/mol. The highest BCUT2D eigenvalue weighted by atomic mass is 32.1. The fourth-order valence-corrected chi connectivity index (χ4v) is 2.89. The van der Waals surface area contributed by atoms with Crippen molar-refractivity contribution in [2.75, 3.05) is 13.1 Å². The van der Waals surface area contributed by atoms with Crippen molar-refractivity contribution in [1.29, 1.82) is 0 Å². The predicted octanol–water partition coefficient (Wildman–Crippen LogP) is 1.71. The summed E-state index contributed by atoms with van der Waals surface area (Å²) in [6.45, 7) is 5.05. The van der Waals surface area contributed by atoms with Crippen LogP contribution in [0.4, 0.5) is 0 Å². The first-order valence-corrected chi connectivity index (χ1v) is 8.06. The highest BCUT2D eigenvalue weighted by Crippen LogP contribution is 2.26. The minimum atomic E-state index is -1.24. The molecule has 0 aliphatic carbocycles. The smallest absolute Gasteiger partial charge is 0.261 e. The van der Waals surface area contributed by atoms with Crippen LogP contribution in [0.25, 0.3) is 0 Å². The van der Waals surface area contributed by atoms with Crippen molar-refractivity contribution in [3.63, 3.8) is 0 Å². The van der Waals surface area contributed by atoms with Gasteiger partial charge in [-0.2, -0.15) is 0 Å². The predicted molar refractivity (Wildman–Crippen MR) is 87.4 cm³/mol. The first-order chi connectivity index (χ1) is 10.8. The monoisotopic (exact) mass is 336 g/mol. The summed E-state index contributed by atoms with van der Waals surface area (Å²) in [6.07, 6.45) is 0. The largest absolute Gasteiger partial charge is 0.466 e. The number of carbonyl (C=O) groups is 2. The van der Waals surface area contributed by atoms with Gasteiger partial charge in [-0.05, 0) is 38.3 Å². The fraction of sp³-hybridized carbons (Fsp3) is 0.375. The number of carbonyl (C=O) groups excluding carboxylic acids is 2. The molecular formula is C16H20N2O4S. The van der Waals surface area contributed by atoms with Gasteiger partial charge in [-0.25, -0.2) is 0 Å². The second kappa shape index (κ2) is 6.97. The second-order valence-corrected chi connectivity index (χ2v) is 6.49. The van der Waals surface area contributed by atoms with Crippen molar-refractivity contribution in [3.05, 3.63) is 45.5 Å². The number of nitrogens with one attached hydrogen (secondary N) is 2. The molecule has 0 spiro atoms. The van der Waals surface area contributed by atoms with E-state index in [1.165, 1.54) is 11.3 Å². The third-order valence-corrected chi connectivity index (χ3v) is 4.27. The molecule has 2 amide bonds. The molecule has 0 aliphatic rings. The molecule has 2 rings (SSSR count). The molecule has 6 nitrogen and oxygen atoms in total. The van der Waals surface area contributed by atoms with Crippen LogP contribution in [0.5, 0.6) is 0 Å². The van der Waals surface area contributed by atoms with E-state index in [1.807, 2.05) is 0 Å². The lowest BCUT2D eigenvalue weighted by Gasteiger charge is -2.23. The number of thiophene rings is 1. The van der Waals surface area contributed by atoms with Gasteiger partial charge >= 0.3 is 0 Å². The molecule has 23 heavy (non-hydrogen) atoms. The number of hydrogen-bond acceptors (Lipinski definition) is 5. The van der Waals surface area contributed by atoms with Crippen LogP contribution in [0.2, 0.25) is 0 Å². The molecule has 1 unspecified atom stereocenters. The maximum atomic E-state index is 11.8. The topological polar surface area (TPSA) is 91.6 Å². The summed E-state index contributed by atoms with van der Waals surface area (Å²) in [7, 11) is 0. The molecule has 1 atom stereocenters. The Bertz CT molecular complexity index is 689. The lowest BCUT2D eigenvalue weighted by Crippen LogP contribution is -2.43. The third kappa shape index (κ3) is 4.43. The molecule has 0 aromatic carbocycles. The van der Waals surface area contributed by atoms with Crippen LogP contribution in [-0.2, 0) is 10.4 Å². The van der Waals surface area contributed by atoms with Crippen LogP contribution in [0.3, 0.4) is 0 Å². The third-order valence-electron chi connectivity index (χ3n) is 3.41. The van der Waals surface area contributed by atoms with E-state index < -0.39 is 5.60 Å². The summed E-state index contributed by atoms with van der Waals surface area (Å²) in [5, 5.41) is 17.4. The van der Waals surface area contributed by atoms with E-state index in [-0.39, 0.29) is 24.9 Å². The van der Waals surface area contributed by atoms with Gasteiger partial charge in [0.05, 0.1) is 18.0 Å². The molecule has 2 heterocycles. The Kier molecular flexibility index (Phi) is 5.23. The molecule has 0 bridgehead atoms. The van der Waals surface area contributed by atoms with Gasteiger partial charge in [0.1, 0.15) is 17.1 Å². The molecule has 0 radical (unpaired) electrons. The van der Waals surface area contributed by atoms with E-state index in [9.17, 15) is 14.7 Å². The Hall–Kier alpha value is -2.12. The van der Waals surface area contributed by atoms with E-state index in [4.69, 9.17) is 4.42 Å². The van der Waals surface area contributed by atoms with Gasteiger partial charge in [-0.15, -0.1) is 11.3 Å². The molecule has 7 heteroatoms. The van der Waals surface area contributed by atoms with E-state index in [0.29, 0.717) is 22.0 Å². The van der Waals surface area contributed by atoms with Gasteiger partial charge in [0.2, 0.25) is 5.91 Å². The van der Waals surface area contributed by atoms with Gasteiger partial charge in [-0.3, -0.25) is 9.59 Å². The van der Waals surface area contributed by atoms with Crippen molar-refractivity contribution in [3.8, 4) is 0 Å². The van der Waals surface area contributed by atoms with Crippen LogP contribution in [0.1, 0.15) is 33.7 Å². The lowest BCUT2D eigenvalue weighted by atomic mass is 9.96. The fourth-order valence-electron chi connectivity index (χ4n) is 2.25. The van der Waals surface area contributed by atoms with Crippen molar-refractivity contribution in [2.24, 2.45) is 0 Å². The molecule has 0 saturated heterocycles. The number of rotatable bonds is 6. The molecular weight excluding hydrogens is 316 g/mol. The van der Waals surface area contributed by atoms with Crippen LogP contribution in [-0.4, -0.2) is 30.0 Å². The number of amides is 2.